The number of benzene rings is 19. The van der Waals surface area contributed by atoms with Crippen LogP contribution in [-0.2, 0) is 17.1 Å². The molecule has 137 heavy (non-hydrogen) atoms. The fraction of sp³-hybridized carbons (Fsp3) is 0. The summed E-state index contributed by atoms with van der Waals surface area (Å²) in [6.45, 7) is 0. The van der Waals surface area contributed by atoms with Crippen molar-refractivity contribution in [3.8, 4) is 56.2 Å². The van der Waals surface area contributed by atoms with Crippen molar-refractivity contribution in [1.29, 1.82) is 0 Å². The molecule has 0 unspecified atom stereocenters. The Labute approximate surface area is 808 Å². The van der Waals surface area contributed by atoms with Crippen LogP contribution in [0.25, 0.3) is 99.8 Å². The Balaban J connectivity index is 0.000000126. The maximum absolute atomic E-state index is 5.13. The first kappa shape index (κ1) is 85.9. The molecule has 0 aliphatic carbocycles. The van der Waals surface area contributed by atoms with E-state index in [0.29, 0.717) is 0 Å². The Morgan fingerprint density at radius 3 is 0.409 bits per heavy atom. The van der Waals surface area contributed by atoms with E-state index in [9.17, 15) is 0 Å². The molecule has 0 saturated heterocycles. The molecule has 0 amide bonds. The summed E-state index contributed by atoms with van der Waals surface area (Å²) in [4.78, 5) is 34.3. The first-order chi connectivity index (χ1) is 67.5. The second kappa shape index (κ2) is 39.7. The maximum atomic E-state index is 5.13. The van der Waals surface area contributed by atoms with Crippen LogP contribution in [0, 0.1) is 0 Å². The SMILES string of the molecule is [Cu+2].c1ccc(N(c2ccccc2)c2ccc(-c3ccc(N(c4ccccc4)c4ccccc4)cc3)cc2)cc1.c1ccc(N(c2ccccc2)c2ccc(N(c3ccc(N(c4ccccc4)c4ccccc4)cc3)c3ccc(N(c4ccccc4)c4ccccc4)cc3)cc2)cc1.c1ccc2c(c1)-c1cc3[n-]c(cc4nc(cc5[n-]c(cc-2n1)c1ccccc51)-c1ccccc1-4)c1ccccc31. The number of para-hydroxylation sites is 10. The molecule has 10 nitrogen and oxygen atoms in total. The van der Waals surface area contributed by atoms with Crippen molar-refractivity contribution in [2.24, 2.45) is 0 Å². The zero-order chi connectivity index (χ0) is 90.7. The Morgan fingerprint density at radius 1 is 0.131 bits per heavy atom. The van der Waals surface area contributed by atoms with Crippen LogP contribution in [0.3, 0.4) is 0 Å². The van der Waals surface area contributed by atoms with E-state index in [1.807, 2.05) is 0 Å². The van der Waals surface area contributed by atoms with Crippen molar-refractivity contribution in [2.45, 2.75) is 0 Å². The number of rotatable bonds is 19. The van der Waals surface area contributed by atoms with Gasteiger partial charge in [0.2, 0.25) is 0 Å². The molecular formula is C126H90CuN10. The molecule has 0 fully saturated rings. The van der Waals surface area contributed by atoms with Crippen LogP contribution in [-0.4, -0.2) is 9.97 Å². The van der Waals surface area contributed by atoms with Gasteiger partial charge in [-0.1, -0.05) is 303 Å². The number of aromatic nitrogens is 4. The average molecular weight is 1810 g/mol. The molecule has 22 aromatic rings. The van der Waals surface area contributed by atoms with Crippen molar-refractivity contribution < 1.29 is 17.1 Å². The predicted molar refractivity (Wildman–Crippen MR) is 569 cm³/mol. The van der Waals surface area contributed by atoms with Gasteiger partial charge in [-0.15, -0.1) is 22.1 Å². The van der Waals surface area contributed by atoms with E-state index in [0.717, 1.165) is 191 Å². The molecule has 3 aromatic heterocycles. The minimum atomic E-state index is 0. The van der Waals surface area contributed by atoms with Crippen LogP contribution < -0.4 is 39.4 Å². The Morgan fingerprint density at radius 2 is 0.255 bits per heavy atom. The molecular weight excluding hydrogens is 1720 g/mol. The number of hydrogen-bond donors (Lipinski definition) is 0. The summed E-state index contributed by atoms with van der Waals surface area (Å²) in [5.74, 6) is 0. The van der Waals surface area contributed by atoms with Gasteiger partial charge in [0.25, 0.3) is 0 Å². The average Bonchev–Trinajstić information content (AvgIpc) is 1.63. The zero-order valence-electron chi connectivity index (χ0n) is 74.7. The summed E-state index contributed by atoms with van der Waals surface area (Å²) in [5, 5.41) is 4.41. The summed E-state index contributed by atoms with van der Waals surface area (Å²) in [7, 11) is 0. The quantitative estimate of drug-likeness (QED) is 0.0731. The van der Waals surface area contributed by atoms with Gasteiger partial charge in [-0.25, -0.2) is 9.97 Å². The van der Waals surface area contributed by atoms with E-state index < -0.39 is 0 Å². The van der Waals surface area contributed by atoms with E-state index in [1.165, 1.54) is 11.1 Å². The first-order valence-electron chi connectivity index (χ1n) is 45.9. The van der Waals surface area contributed by atoms with Crippen LogP contribution in [0.2, 0.25) is 0 Å². The molecule has 0 N–H and O–H groups in total. The third-order valence-corrected chi connectivity index (χ3v) is 24.8. The minimum absolute atomic E-state index is 0. The van der Waals surface area contributed by atoms with Gasteiger partial charge in [-0.2, -0.15) is 0 Å². The van der Waals surface area contributed by atoms with Crippen LogP contribution in [0.4, 0.5) is 102 Å². The predicted octanol–water partition coefficient (Wildman–Crippen LogP) is 34.4. The monoisotopic (exact) mass is 1810 g/mol. The first-order valence-corrected chi connectivity index (χ1v) is 45.9. The fourth-order valence-corrected chi connectivity index (χ4v) is 18.4. The molecule has 8 bridgehead atoms. The normalized spacial score (nSPS) is 11.0. The van der Waals surface area contributed by atoms with Gasteiger partial charge in [-0.05, 0) is 275 Å². The van der Waals surface area contributed by atoms with Gasteiger partial charge in [0, 0.05) is 125 Å². The van der Waals surface area contributed by atoms with Crippen LogP contribution >= 0.6 is 0 Å². The summed E-state index contributed by atoms with van der Waals surface area (Å²) >= 11 is 0. The van der Waals surface area contributed by atoms with Crippen LogP contribution in [0.5, 0.6) is 0 Å². The number of anilines is 18. The topological polar surface area (TPSA) is 73.4 Å². The third kappa shape index (κ3) is 18.2. The molecule has 1 radical (unpaired) electrons. The van der Waals surface area contributed by atoms with Crippen molar-refractivity contribution in [2.75, 3.05) is 29.4 Å². The van der Waals surface area contributed by atoms with Gasteiger partial charge in [0.1, 0.15) is 0 Å². The standard InChI is InChI=1S/C54H42N4.C36H20N4.C36H28N2.Cu/c1-7-19-43(20-8-1)55(44-21-9-2-10-22-44)49-31-37-52(38-32-49)58(53-39-33-50(34-40-53)56(45-23-11-3-12-24-45)46-25-13-4-14-26-46)54-41-35-51(36-42-54)57(47-27-15-5-16-28-47)48-29-17-6-18-30-48;1-2-10-22-21(9-1)29-17-31-23-11-3-4-12-24(23)33(38-31)19-35-27-15-7-8-16-28(27)36(40-35)20-34-26-14-6-5-13-25(26)32(39-34)18-30(22)37-29;1-5-13-31(14-6-1)37(32-15-7-2-8-16-32)35-25-21-29(22-26-35)30-23-27-36(28-24-30)38(33-17-9-3-10-18-33)34-19-11-4-12-20-34;/h1-42H;1-20H;1-28H;/q;-2;;+2. The van der Waals surface area contributed by atoms with Crippen molar-refractivity contribution in [3.63, 3.8) is 0 Å². The third-order valence-electron chi connectivity index (χ3n) is 24.8. The van der Waals surface area contributed by atoms with E-state index in [-0.39, 0.29) is 17.1 Å². The van der Waals surface area contributed by atoms with Crippen molar-refractivity contribution in [3.05, 3.63) is 546 Å². The van der Waals surface area contributed by atoms with Crippen LogP contribution in [0.15, 0.2) is 546 Å². The summed E-state index contributed by atoms with van der Waals surface area (Å²) < 4.78 is 0. The van der Waals surface area contributed by atoms with Gasteiger partial charge >= 0.3 is 17.1 Å². The van der Waals surface area contributed by atoms with Crippen molar-refractivity contribution >= 4 is 146 Å². The molecule has 5 heterocycles. The second-order valence-corrected chi connectivity index (χ2v) is 33.3. The van der Waals surface area contributed by atoms with Gasteiger partial charge in [0.05, 0.1) is 22.8 Å². The molecule has 0 saturated carbocycles. The van der Waals surface area contributed by atoms with E-state index in [4.69, 9.17) is 19.9 Å². The molecule has 19 aromatic carbocycles. The molecule has 2 aliphatic heterocycles. The van der Waals surface area contributed by atoms with E-state index in [1.54, 1.807) is 0 Å². The molecule has 0 spiro atoms. The number of hydrogen-bond acceptors (Lipinski definition) is 8. The Kier molecular flexibility index (Phi) is 24.9. The molecule has 0 atom stereocenters. The molecule has 24 rings (SSSR count). The molecule has 2 aliphatic rings. The summed E-state index contributed by atoms with van der Waals surface area (Å²) in [6, 6.07) is 191. The Hall–Kier alpha value is -17.9. The summed E-state index contributed by atoms with van der Waals surface area (Å²) in [6.07, 6.45) is 0. The van der Waals surface area contributed by atoms with Gasteiger partial charge in [0.15, 0.2) is 0 Å². The van der Waals surface area contributed by atoms with Crippen LogP contribution in [0.1, 0.15) is 0 Å². The van der Waals surface area contributed by atoms with Crippen molar-refractivity contribution in [1.82, 2.24) is 19.9 Å². The van der Waals surface area contributed by atoms with Gasteiger partial charge in [-0.3, -0.25) is 0 Å². The van der Waals surface area contributed by atoms with E-state index in [2.05, 4.69) is 575 Å². The summed E-state index contributed by atoms with van der Waals surface area (Å²) in [5.41, 5.74) is 33.9. The minimum Gasteiger partial charge on any atom is -0.657 e. The maximum Gasteiger partial charge on any atom is 2.00 e. The largest absolute Gasteiger partial charge is 2.00 e. The second-order valence-electron chi connectivity index (χ2n) is 33.3. The molecule has 655 valence electrons. The fourth-order valence-electron chi connectivity index (χ4n) is 18.4. The molecule has 11 heteroatoms. The van der Waals surface area contributed by atoms with E-state index >= 15 is 0 Å². The number of nitrogens with zero attached hydrogens (tertiary/aromatic N) is 10. The Bertz CT molecular complexity index is 7090. The van der Waals surface area contributed by atoms with Gasteiger partial charge < -0.3 is 39.4 Å². The zero-order valence-corrected chi connectivity index (χ0v) is 75.7. The smallest absolute Gasteiger partial charge is 0.657 e. The number of fused-ring (bicyclic) bond motifs is 20.